The van der Waals surface area contributed by atoms with Crippen LogP contribution in [0.1, 0.15) is 93.3 Å². The average Bonchev–Trinajstić information content (AvgIpc) is 3.08. The number of aromatic nitrogens is 2. The van der Waals surface area contributed by atoms with Crippen molar-refractivity contribution >= 4 is 21.8 Å². The van der Waals surface area contributed by atoms with Crippen molar-refractivity contribution < 1.29 is 9.90 Å². The van der Waals surface area contributed by atoms with Gasteiger partial charge < -0.3 is 15.3 Å². The van der Waals surface area contributed by atoms with E-state index in [1.807, 2.05) is 29.2 Å². The number of nitrogens with zero attached hydrogens (tertiary/aromatic N) is 3. The molecule has 178 valence electrons. The Morgan fingerprint density at radius 3 is 2.45 bits per heavy atom. The van der Waals surface area contributed by atoms with E-state index in [4.69, 9.17) is 0 Å². The summed E-state index contributed by atoms with van der Waals surface area (Å²) in [6.45, 7) is 10.6. The molecule has 7 heteroatoms. The van der Waals surface area contributed by atoms with Crippen LogP contribution in [0.5, 0.6) is 0 Å². The van der Waals surface area contributed by atoms with E-state index in [1.165, 1.54) is 0 Å². The minimum Gasteiger partial charge on any atom is -0.387 e. The van der Waals surface area contributed by atoms with Gasteiger partial charge in [-0.25, -0.2) is 9.97 Å². The highest BCUT2D eigenvalue weighted by atomic mass is 79.9. The molecule has 1 fully saturated rings. The molecule has 1 saturated heterocycles. The number of rotatable bonds is 5. The molecule has 0 bridgehead atoms. The molecule has 1 aromatic carbocycles. The first kappa shape index (κ1) is 24.3. The van der Waals surface area contributed by atoms with Gasteiger partial charge in [0.1, 0.15) is 6.33 Å². The van der Waals surface area contributed by atoms with Crippen LogP contribution in [0.15, 0.2) is 35.1 Å². The van der Waals surface area contributed by atoms with Crippen molar-refractivity contribution in [2.24, 2.45) is 0 Å². The Hall–Kier alpha value is -1.83. The minimum absolute atomic E-state index is 0.0600. The highest BCUT2D eigenvalue weighted by molar-refractivity contribution is 9.10. The number of fused-ring (bicyclic) bond motifs is 1. The number of halogens is 1. The summed E-state index contributed by atoms with van der Waals surface area (Å²) in [7, 11) is 0. The Labute approximate surface area is 205 Å². The number of piperidine rings is 1. The summed E-state index contributed by atoms with van der Waals surface area (Å²) < 4.78 is 1.01. The number of aliphatic hydroxyl groups is 1. The number of carbonyl (C=O) groups excluding carboxylic acids is 1. The number of carbonyl (C=O) groups is 1. The lowest BCUT2D eigenvalue weighted by molar-refractivity contribution is -0.133. The number of hydrogen-bond acceptors (Lipinski definition) is 5. The van der Waals surface area contributed by atoms with Crippen LogP contribution < -0.4 is 5.32 Å². The summed E-state index contributed by atoms with van der Waals surface area (Å²) >= 11 is 3.50. The number of nitrogens with one attached hydrogen (secondary N) is 1. The maximum atomic E-state index is 13.6. The lowest BCUT2D eigenvalue weighted by atomic mass is 9.87. The van der Waals surface area contributed by atoms with E-state index in [9.17, 15) is 9.90 Å². The monoisotopic (exact) mass is 514 g/mol. The van der Waals surface area contributed by atoms with E-state index in [-0.39, 0.29) is 23.3 Å². The number of aliphatic hydroxyl groups excluding tert-OH is 1. The SMILES string of the molecule is C[C@@H]1C[C@@H](O)c2ncnc(C3CCN(C(=O)C(CNC(C)(C)C)c4ccc(Br)cc4)CC3)c21. The molecule has 6 nitrogen and oxygen atoms in total. The highest BCUT2D eigenvalue weighted by Crippen LogP contribution is 2.43. The molecule has 1 unspecified atom stereocenters. The topological polar surface area (TPSA) is 78.4 Å². The molecule has 1 aliphatic heterocycles. The Bertz CT molecular complexity index is 981. The molecule has 33 heavy (non-hydrogen) atoms. The van der Waals surface area contributed by atoms with Crippen molar-refractivity contribution in [1.29, 1.82) is 0 Å². The molecular formula is C26H35BrN4O2. The molecule has 1 aliphatic carbocycles. The summed E-state index contributed by atoms with van der Waals surface area (Å²) in [6.07, 6.45) is 3.60. The zero-order valence-corrected chi connectivity index (χ0v) is 21.6. The smallest absolute Gasteiger partial charge is 0.231 e. The first-order valence-corrected chi connectivity index (χ1v) is 12.8. The van der Waals surface area contributed by atoms with Crippen LogP contribution in [0.3, 0.4) is 0 Å². The third kappa shape index (κ3) is 5.47. The van der Waals surface area contributed by atoms with Crippen LogP contribution in [0.4, 0.5) is 0 Å². The molecule has 2 heterocycles. The third-order valence-corrected chi connectivity index (χ3v) is 7.46. The molecule has 1 amide bonds. The molecule has 0 radical (unpaired) electrons. The molecule has 4 rings (SSSR count). The van der Waals surface area contributed by atoms with E-state index in [0.29, 0.717) is 18.9 Å². The molecule has 2 aromatic rings. The summed E-state index contributed by atoms with van der Waals surface area (Å²) in [5.41, 5.74) is 4.00. The van der Waals surface area contributed by atoms with Gasteiger partial charge in [0.05, 0.1) is 23.4 Å². The van der Waals surface area contributed by atoms with E-state index in [2.05, 4.69) is 58.9 Å². The predicted molar refractivity (Wildman–Crippen MR) is 133 cm³/mol. The van der Waals surface area contributed by atoms with Gasteiger partial charge in [0.25, 0.3) is 0 Å². The van der Waals surface area contributed by atoms with E-state index < -0.39 is 6.10 Å². The van der Waals surface area contributed by atoms with Gasteiger partial charge in [-0.05, 0) is 63.6 Å². The first-order chi connectivity index (χ1) is 15.6. The van der Waals surface area contributed by atoms with Gasteiger partial charge in [0.15, 0.2) is 0 Å². The lowest BCUT2D eigenvalue weighted by Crippen LogP contribution is -2.46. The van der Waals surface area contributed by atoms with Gasteiger partial charge in [-0.2, -0.15) is 0 Å². The van der Waals surface area contributed by atoms with Crippen molar-refractivity contribution in [2.45, 2.75) is 76.4 Å². The van der Waals surface area contributed by atoms with E-state index in [1.54, 1.807) is 6.33 Å². The maximum Gasteiger partial charge on any atom is 0.231 e. The molecular weight excluding hydrogens is 480 g/mol. The zero-order valence-electron chi connectivity index (χ0n) is 20.0. The van der Waals surface area contributed by atoms with Crippen molar-refractivity contribution in [3.8, 4) is 0 Å². The van der Waals surface area contributed by atoms with Gasteiger partial charge in [-0.1, -0.05) is 35.0 Å². The van der Waals surface area contributed by atoms with E-state index in [0.717, 1.165) is 52.9 Å². The fourth-order valence-electron chi connectivity index (χ4n) is 5.13. The Kier molecular flexibility index (Phi) is 7.22. The third-order valence-electron chi connectivity index (χ3n) is 6.93. The fraction of sp³-hybridized carbons (Fsp3) is 0.577. The van der Waals surface area contributed by atoms with Crippen molar-refractivity contribution in [3.05, 3.63) is 57.6 Å². The van der Waals surface area contributed by atoms with Crippen LogP contribution in [-0.4, -0.2) is 51.1 Å². The maximum absolute atomic E-state index is 13.6. The first-order valence-electron chi connectivity index (χ1n) is 12.0. The van der Waals surface area contributed by atoms with Crippen LogP contribution in [0.2, 0.25) is 0 Å². The summed E-state index contributed by atoms with van der Waals surface area (Å²) in [4.78, 5) is 24.7. The van der Waals surface area contributed by atoms with E-state index >= 15 is 0 Å². The Morgan fingerprint density at radius 1 is 1.18 bits per heavy atom. The van der Waals surface area contributed by atoms with Crippen LogP contribution >= 0.6 is 15.9 Å². The lowest BCUT2D eigenvalue weighted by Gasteiger charge is -2.35. The summed E-state index contributed by atoms with van der Waals surface area (Å²) in [5.74, 6) is 0.546. The molecule has 2 N–H and O–H groups in total. The number of likely N-dealkylation sites (tertiary alicyclic amines) is 1. The van der Waals surface area contributed by atoms with Crippen molar-refractivity contribution in [3.63, 3.8) is 0 Å². The Morgan fingerprint density at radius 2 is 1.82 bits per heavy atom. The minimum atomic E-state index is -0.486. The number of benzene rings is 1. The van der Waals surface area contributed by atoms with Crippen molar-refractivity contribution in [1.82, 2.24) is 20.2 Å². The second kappa shape index (κ2) is 9.80. The second-order valence-corrected chi connectivity index (χ2v) is 11.5. The molecule has 3 atom stereocenters. The molecule has 2 aliphatic rings. The van der Waals surface area contributed by atoms with Crippen LogP contribution in [-0.2, 0) is 4.79 Å². The van der Waals surface area contributed by atoms with Gasteiger partial charge >= 0.3 is 0 Å². The predicted octanol–water partition coefficient (Wildman–Crippen LogP) is 4.66. The summed E-state index contributed by atoms with van der Waals surface area (Å²) in [6, 6.07) is 8.09. The fourth-order valence-corrected chi connectivity index (χ4v) is 5.39. The van der Waals surface area contributed by atoms with Gasteiger partial charge in [-0.3, -0.25) is 4.79 Å². The quantitative estimate of drug-likeness (QED) is 0.606. The molecule has 0 saturated carbocycles. The standard InChI is InChI=1S/C26H35BrN4O2/c1-16-13-21(32)24-22(16)23(28-15-29-24)18-9-11-31(12-10-18)25(33)20(14-30-26(2,3)4)17-5-7-19(27)8-6-17/h5-8,15-16,18,20-21,30,32H,9-14H2,1-4H3/t16-,20?,21-/m1/s1. The van der Waals surface area contributed by atoms with Crippen LogP contribution in [0, 0.1) is 0 Å². The Balaban J connectivity index is 1.48. The second-order valence-electron chi connectivity index (χ2n) is 10.5. The largest absolute Gasteiger partial charge is 0.387 e. The van der Waals surface area contributed by atoms with Gasteiger partial charge in [-0.15, -0.1) is 0 Å². The van der Waals surface area contributed by atoms with Crippen LogP contribution in [0.25, 0.3) is 0 Å². The van der Waals surface area contributed by atoms with Gasteiger partial charge in [0, 0.05) is 41.1 Å². The molecule has 0 spiro atoms. The normalized spacial score (nSPS) is 22.3. The number of amides is 1. The van der Waals surface area contributed by atoms with Crippen molar-refractivity contribution in [2.75, 3.05) is 19.6 Å². The highest BCUT2D eigenvalue weighted by Gasteiger charge is 2.36. The zero-order chi connectivity index (χ0) is 23.8. The summed E-state index contributed by atoms with van der Waals surface area (Å²) in [5, 5.41) is 13.9. The van der Waals surface area contributed by atoms with Gasteiger partial charge in [0.2, 0.25) is 5.91 Å². The number of hydrogen-bond donors (Lipinski definition) is 2. The average molecular weight is 515 g/mol. The molecule has 1 aromatic heterocycles.